The molecule has 3 N–H and O–H groups in total. The maximum atomic E-state index is 5.52. The maximum Gasteiger partial charge on any atom is 0.144 e. The van der Waals surface area contributed by atoms with Crippen LogP contribution in [0.4, 0.5) is 5.82 Å². The van der Waals surface area contributed by atoms with Gasteiger partial charge < -0.3 is 10.2 Å². The van der Waals surface area contributed by atoms with Crippen molar-refractivity contribution in [2.24, 2.45) is 5.84 Å². The summed E-state index contributed by atoms with van der Waals surface area (Å²) in [6.45, 7) is 4.80. The van der Waals surface area contributed by atoms with Gasteiger partial charge in [-0.25, -0.2) is 15.8 Å². The highest BCUT2D eigenvalue weighted by atomic mass is 32.2. The average Bonchev–Trinajstić information content (AvgIpc) is 2.63. The number of nitrogen functional groups attached to an aromatic ring is 1. The SMILES string of the molecule is Cc1nc(NN)cc(SC2CCOC2C)n1. The van der Waals surface area contributed by atoms with Gasteiger partial charge in [-0.15, -0.1) is 11.8 Å². The van der Waals surface area contributed by atoms with Gasteiger partial charge in [-0.05, 0) is 20.3 Å². The molecule has 0 amide bonds. The van der Waals surface area contributed by atoms with Gasteiger partial charge in [0.15, 0.2) is 0 Å². The molecule has 0 radical (unpaired) electrons. The highest BCUT2D eigenvalue weighted by Crippen LogP contribution is 2.32. The van der Waals surface area contributed by atoms with Crippen molar-refractivity contribution in [3.8, 4) is 0 Å². The molecule has 0 bridgehead atoms. The Morgan fingerprint density at radius 3 is 3.00 bits per heavy atom. The Bertz CT molecular complexity index is 374. The zero-order valence-corrected chi connectivity index (χ0v) is 10.3. The first-order valence-electron chi connectivity index (χ1n) is 5.29. The van der Waals surface area contributed by atoms with Crippen molar-refractivity contribution in [3.63, 3.8) is 0 Å². The second kappa shape index (κ2) is 4.99. The minimum atomic E-state index is 0.287. The number of nitrogens with one attached hydrogen (secondary N) is 1. The Morgan fingerprint density at radius 2 is 2.38 bits per heavy atom. The number of anilines is 1. The topological polar surface area (TPSA) is 73.1 Å². The van der Waals surface area contributed by atoms with Crippen LogP contribution in [0, 0.1) is 6.92 Å². The fourth-order valence-corrected chi connectivity index (χ4v) is 2.86. The van der Waals surface area contributed by atoms with Gasteiger partial charge in [0.25, 0.3) is 0 Å². The Balaban J connectivity index is 2.11. The van der Waals surface area contributed by atoms with Crippen LogP contribution in [0.3, 0.4) is 0 Å². The molecule has 2 heterocycles. The quantitative estimate of drug-likeness (QED) is 0.472. The molecular weight excluding hydrogens is 224 g/mol. The minimum Gasteiger partial charge on any atom is -0.377 e. The van der Waals surface area contributed by atoms with E-state index in [9.17, 15) is 0 Å². The van der Waals surface area contributed by atoms with Gasteiger partial charge in [-0.1, -0.05) is 0 Å². The molecule has 6 heteroatoms. The van der Waals surface area contributed by atoms with E-state index in [0.717, 1.165) is 23.9 Å². The number of nitrogens with zero attached hydrogens (tertiary/aromatic N) is 2. The molecule has 0 aliphatic carbocycles. The van der Waals surface area contributed by atoms with Gasteiger partial charge in [0.1, 0.15) is 16.7 Å². The van der Waals surface area contributed by atoms with Crippen molar-refractivity contribution in [3.05, 3.63) is 11.9 Å². The summed E-state index contributed by atoms with van der Waals surface area (Å²) in [6.07, 6.45) is 1.36. The van der Waals surface area contributed by atoms with Crippen LogP contribution in [-0.2, 0) is 4.74 Å². The molecule has 1 aromatic heterocycles. The van der Waals surface area contributed by atoms with Gasteiger partial charge in [0.2, 0.25) is 0 Å². The van der Waals surface area contributed by atoms with Crippen LogP contribution < -0.4 is 11.3 Å². The van der Waals surface area contributed by atoms with Crippen LogP contribution >= 0.6 is 11.8 Å². The van der Waals surface area contributed by atoms with Crippen LogP contribution in [0.25, 0.3) is 0 Å². The summed E-state index contributed by atoms with van der Waals surface area (Å²) in [5.41, 5.74) is 2.55. The lowest BCUT2D eigenvalue weighted by Gasteiger charge is -2.13. The van der Waals surface area contributed by atoms with Gasteiger partial charge in [0, 0.05) is 17.9 Å². The largest absolute Gasteiger partial charge is 0.377 e. The number of nitrogens with two attached hydrogens (primary N) is 1. The fraction of sp³-hybridized carbons (Fsp3) is 0.600. The highest BCUT2D eigenvalue weighted by molar-refractivity contribution is 7.99. The Morgan fingerprint density at radius 1 is 1.56 bits per heavy atom. The molecule has 16 heavy (non-hydrogen) atoms. The Hall–Kier alpha value is -0.850. The molecule has 0 saturated carbocycles. The van der Waals surface area contributed by atoms with Crippen molar-refractivity contribution in [1.82, 2.24) is 9.97 Å². The number of ether oxygens (including phenoxy) is 1. The summed E-state index contributed by atoms with van der Waals surface area (Å²) < 4.78 is 5.52. The molecule has 1 aliphatic rings. The number of hydrogen-bond donors (Lipinski definition) is 2. The number of thioether (sulfide) groups is 1. The summed E-state index contributed by atoms with van der Waals surface area (Å²) in [7, 11) is 0. The van der Waals surface area contributed by atoms with Crippen LogP contribution in [0.5, 0.6) is 0 Å². The number of hydrogen-bond acceptors (Lipinski definition) is 6. The van der Waals surface area contributed by atoms with Crippen LogP contribution in [0.1, 0.15) is 19.2 Å². The number of aromatic nitrogens is 2. The lowest BCUT2D eigenvalue weighted by Crippen LogP contribution is -2.14. The normalized spacial score (nSPS) is 24.7. The number of rotatable bonds is 3. The van der Waals surface area contributed by atoms with Gasteiger partial charge in [-0.3, -0.25) is 0 Å². The lowest BCUT2D eigenvalue weighted by molar-refractivity contribution is 0.127. The molecule has 1 aliphatic heterocycles. The molecule has 5 nitrogen and oxygen atoms in total. The minimum absolute atomic E-state index is 0.287. The predicted octanol–water partition coefficient (Wildman–Crippen LogP) is 1.34. The fourth-order valence-electron chi connectivity index (χ4n) is 1.70. The van der Waals surface area contributed by atoms with E-state index in [4.69, 9.17) is 10.6 Å². The van der Waals surface area contributed by atoms with Crippen molar-refractivity contribution >= 4 is 17.6 Å². The van der Waals surface area contributed by atoms with E-state index < -0.39 is 0 Å². The summed E-state index contributed by atoms with van der Waals surface area (Å²) >= 11 is 1.73. The van der Waals surface area contributed by atoms with E-state index in [1.807, 2.05) is 13.0 Å². The molecule has 2 unspecified atom stereocenters. The maximum absolute atomic E-state index is 5.52. The third kappa shape index (κ3) is 2.63. The third-order valence-corrected chi connectivity index (χ3v) is 3.91. The summed E-state index contributed by atoms with van der Waals surface area (Å²) in [5.74, 6) is 6.73. The molecule has 1 fully saturated rings. The first kappa shape index (κ1) is 11.6. The second-order valence-corrected chi connectivity index (χ2v) is 5.06. The van der Waals surface area contributed by atoms with Crippen molar-refractivity contribution in [2.75, 3.05) is 12.0 Å². The molecule has 0 spiro atoms. The Labute approximate surface area is 99.2 Å². The Kier molecular flexibility index (Phi) is 3.63. The summed E-state index contributed by atoms with van der Waals surface area (Å²) in [6, 6.07) is 1.86. The predicted molar refractivity (Wildman–Crippen MR) is 64.3 cm³/mol. The van der Waals surface area contributed by atoms with Gasteiger partial charge in [0.05, 0.1) is 6.10 Å². The summed E-state index contributed by atoms with van der Waals surface area (Å²) in [4.78, 5) is 8.53. The number of aryl methyl sites for hydroxylation is 1. The van der Waals surface area contributed by atoms with E-state index in [-0.39, 0.29) is 6.10 Å². The molecule has 0 aromatic carbocycles. The number of hydrazine groups is 1. The van der Waals surface area contributed by atoms with Crippen molar-refractivity contribution in [2.45, 2.75) is 36.6 Å². The molecule has 2 rings (SSSR count). The zero-order valence-electron chi connectivity index (χ0n) is 9.43. The van der Waals surface area contributed by atoms with E-state index in [1.54, 1.807) is 11.8 Å². The standard InChI is InChI=1S/C10H16N4OS/c1-6-8(3-4-15-6)16-10-5-9(14-11)12-7(2)13-10/h5-6,8H,3-4,11H2,1-2H3,(H,12,13,14). The highest BCUT2D eigenvalue weighted by Gasteiger charge is 2.25. The van der Waals surface area contributed by atoms with Gasteiger partial charge >= 0.3 is 0 Å². The van der Waals surface area contributed by atoms with E-state index >= 15 is 0 Å². The molecular formula is C10H16N4OS. The van der Waals surface area contributed by atoms with E-state index in [1.165, 1.54) is 0 Å². The van der Waals surface area contributed by atoms with Crippen LogP contribution in [0.15, 0.2) is 11.1 Å². The van der Waals surface area contributed by atoms with Crippen molar-refractivity contribution in [1.29, 1.82) is 0 Å². The van der Waals surface area contributed by atoms with Crippen LogP contribution in [0.2, 0.25) is 0 Å². The molecule has 88 valence electrons. The first-order chi connectivity index (χ1) is 7.69. The second-order valence-electron chi connectivity index (χ2n) is 3.80. The lowest BCUT2D eigenvalue weighted by atomic mass is 10.3. The molecule has 1 saturated heterocycles. The smallest absolute Gasteiger partial charge is 0.144 e. The van der Waals surface area contributed by atoms with Gasteiger partial charge in [-0.2, -0.15) is 0 Å². The third-order valence-electron chi connectivity index (χ3n) is 2.54. The average molecular weight is 240 g/mol. The van der Waals surface area contributed by atoms with E-state index in [2.05, 4.69) is 22.3 Å². The first-order valence-corrected chi connectivity index (χ1v) is 6.17. The monoisotopic (exact) mass is 240 g/mol. The van der Waals surface area contributed by atoms with Crippen molar-refractivity contribution < 1.29 is 4.74 Å². The molecule has 1 aromatic rings. The zero-order chi connectivity index (χ0) is 11.5. The molecule has 2 atom stereocenters. The summed E-state index contributed by atoms with van der Waals surface area (Å²) in [5, 5.41) is 1.42. The van der Waals surface area contributed by atoms with Crippen LogP contribution in [-0.4, -0.2) is 27.9 Å². The van der Waals surface area contributed by atoms with E-state index in [0.29, 0.717) is 11.1 Å².